The molecule has 0 rings (SSSR count). The Morgan fingerprint density at radius 1 is 1.45 bits per heavy atom. The highest BCUT2D eigenvalue weighted by molar-refractivity contribution is 7.90. The number of hydrogen-bond acceptors (Lipinski definition) is 3. The Labute approximate surface area is 66.8 Å². The number of carbonyl (C=O) groups excluding carboxylic acids is 1. The van der Waals surface area contributed by atoms with Crippen LogP contribution in [0.25, 0.3) is 0 Å². The molecule has 1 atom stereocenters. The lowest BCUT2D eigenvalue weighted by atomic mass is 10.2. The van der Waals surface area contributed by atoms with E-state index in [1.165, 1.54) is 0 Å². The van der Waals surface area contributed by atoms with Crippen LogP contribution in [-0.4, -0.2) is 19.5 Å². The lowest BCUT2D eigenvalue weighted by Gasteiger charge is -2.07. The second-order valence-electron chi connectivity index (χ2n) is 2.26. The summed E-state index contributed by atoms with van der Waals surface area (Å²) in [6.07, 6.45) is 0.370. The maximum atomic E-state index is 10.9. The minimum Gasteiger partial charge on any atom is -0.298 e. The van der Waals surface area contributed by atoms with Crippen LogP contribution in [0.3, 0.4) is 0 Å². The van der Waals surface area contributed by atoms with Crippen molar-refractivity contribution in [2.45, 2.75) is 31.9 Å². The molecule has 0 aliphatic carbocycles. The summed E-state index contributed by atoms with van der Waals surface area (Å²) in [5, 5.41) is 5.56. The summed E-state index contributed by atoms with van der Waals surface area (Å²) in [7, 11) is -3.93. The highest BCUT2D eigenvalue weighted by atomic mass is 32.2. The third-order valence-electron chi connectivity index (χ3n) is 1.45. The SMILES string of the molecule is CCC(=O)C(CC)S([NH])(=O)=O. The van der Waals surface area contributed by atoms with Gasteiger partial charge in [0.2, 0.25) is 10.0 Å². The second-order valence-corrected chi connectivity index (χ2v) is 3.92. The molecule has 0 aromatic rings. The first-order valence-corrected chi connectivity index (χ1v) is 4.99. The van der Waals surface area contributed by atoms with Crippen LogP contribution >= 0.6 is 0 Å². The minimum absolute atomic E-state index is 0.177. The van der Waals surface area contributed by atoms with Crippen molar-refractivity contribution in [2.75, 3.05) is 0 Å². The van der Waals surface area contributed by atoms with E-state index in [0.717, 1.165) is 0 Å². The number of nitrogens with one attached hydrogen (secondary N) is 1. The fourth-order valence-electron chi connectivity index (χ4n) is 0.848. The van der Waals surface area contributed by atoms with Crippen molar-refractivity contribution < 1.29 is 13.2 Å². The van der Waals surface area contributed by atoms with Crippen LogP contribution < -0.4 is 5.14 Å². The van der Waals surface area contributed by atoms with E-state index >= 15 is 0 Å². The molecule has 5 heteroatoms. The second kappa shape index (κ2) is 3.82. The molecule has 0 heterocycles. The summed E-state index contributed by atoms with van der Waals surface area (Å²) in [6, 6.07) is 0. The van der Waals surface area contributed by atoms with Crippen LogP contribution in [-0.2, 0) is 14.8 Å². The fourth-order valence-corrected chi connectivity index (χ4v) is 1.80. The first kappa shape index (κ1) is 10.6. The molecule has 1 unspecified atom stereocenters. The molecule has 0 saturated carbocycles. The van der Waals surface area contributed by atoms with Gasteiger partial charge in [-0.25, -0.2) is 8.42 Å². The number of carbonyl (C=O) groups is 1. The van der Waals surface area contributed by atoms with Crippen LogP contribution in [0.15, 0.2) is 0 Å². The van der Waals surface area contributed by atoms with Gasteiger partial charge in [-0.3, -0.25) is 4.79 Å². The van der Waals surface area contributed by atoms with Crippen LogP contribution in [0.5, 0.6) is 0 Å². The molecular weight excluding hydrogens is 166 g/mol. The van der Waals surface area contributed by atoms with E-state index in [0.29, 0.717) is 0 Å². The van der Waals surface area contributed by atoms with Gasteiger partial charge in [-0.05, 0) is 6.42 Å². The lowest BCUT2D eigenvalue weighted by molar-refractivity contribution is -0.118. The van der Waals surface area contributed by atoms with E-state index in [4.69, 9.17) is 5.14 Å². The van der Waals surface area contributed by atoms with E-state index in [2.05, 4.69) is 0 Å². The van der Waals surface area contributed by atoms with Gasteiger partial charge < -0.3 is 0 Å². The van der Waals surface area contributed by atoms with Gasteiger partial charge in [0.25, 0.3) is 0 Å². The zero-order chi connectivity index (χ0) is 9.07. The lowest BCUT2D eigenvalue weighted by Crippen LogP contribution is -2.29. The Morgan fingerprint density at radius 2 is 1.91 bits per heavy atom. The molecular formula is C6H12NO3S. The number of ketones is 1. The van der Waals surface area contributed by atoms with Crippen molar-refractivity contribution >= 4 is 15.8 Å². The predicted molar refractivity (Wildman–Crippen MR) is 41.4 cm³/mol. The molecule has 0 amide bonds. The quantitative estimate of drug-likeness (QED) is 0.623. The molecule has 11 heavy (non-hydrogen) atoms. The van der Waals surface area contributed by atoms with Crippen LogP contribution in [0.2, 0.25) is 0 Å². The Balaban J connectivity index is 4.56. The monoisotopic (exact) mass is 178 g/mol. The van der Waals surface area contributed by atoms with E-state index < -0.39 is 15.3 Å². The van der Waals surface area contributed by atoms with Gasteiger partial charge in [0.1, 0.15) is 5.25 Å². The smallest absolute Gasteiger partial charge is 0.235 e. The fraction of sp³-hybridized carbons (Fsp3) is 0.833. The number of rotatable bonds is 4. The summed E-state index contributed by atoms with van der Waals surface area (Å²) >= 11 is 0. The van der Waals surface area contributed by atoms with Gasteiger partial charge in [0.05, 0.1) is 0 Å². The largest absolute Gasteiger partial charge is 0.298 e. The Kier molecular flexibility index (Phi) is 3.68. The van der Waals surface area contributed by atoms with Crippen molar-refractivity contribution in [3.8, 4) is 0 Å². The Hall–Kier alpha value is -0.420. The molecule has 1 radical (unpaired) electrons. The van der Waals surface area contributed by atoms with Gasteiger partial charge in [0.15, 0.2) is 5.78 Å². The minimum atomic E-state index is -3.93. The van der Waals surface area contributed by atoms with E-state index in [-0.39, 0.29) is 18.6 Å². The molecule has 65 valence electrons. The summed E-state index contributed by atoms with van der Waals surface area (Å²) in [4.78, 5) is 10.9. The molecule has 1 N–H and O–H groups in total. The van der Waals surface area contributed by atoms with E-state index in [1.54, 1.807) is 13.8 Å². The summed E-state index contributed by atoms with van der Waals surface area (Å²) in [5.74, 6) is -0.373. The maximum absolute atomic E-state index is 10.9. The third kappa shape index (κ3) is 2.98. The zero-order valence-corrected chi connectivity index (χ0v) is 7.44. The van der Waals surface area contributed by atoms with Crippen molar-refractivity contribution in [2.24, 2.45) is 0 Å². The first-order valence-electron chi connectivity index (χ1n) is 3.44. The number of sulfonamides is 1. The van der Waals surface area contributed by atoms with Crippen LogP contribution in [0, 0.1) is 0 Å². The van der Waals surface area contributed by atoms with Crippen molar-refractivity contribution in [3.63, 3.8) is 0 Å². The summed E-state index contributed by atoms with van der Waals surface area (Å²) < 4.78 is 21.2. The topological polar surface area (TPSA) is 75.0 Å². The zero-order valence-electron chi connectivity index (χ0n) is 6.62. The van der Waals surface area contributed by atoms with Gasteiger partial charge in [0, 0.05) is 6.42 Å². The average Bonchev–Trinajstić information content (AvgIpc) is 1.86. The Bertz CT molecular complexity index is 232. The molecule has 0 aliphatic heterocycles. The van der Waals surface area contributed by atoms with Crippen molar-refractivity contribution in [3.05, 3.63) is 0 Å². The van der Waals surface area contributed by atoms with Gasteiger partial charge in [-0.15, -0.1) is 5.14 Å². The molecule has 0 saturated heterocycles. The van der Waals surface area contributed by atoms with Crippen LogP contribution in [0.1, 0.15) is 26.7 Å². The molecule has 0 aliphatic rings. The van der Waals surface area contributed by atoms with Gasteiger partial charge in [-0.2, -0.15) is 0 Å². The third-order valence-corrected chi connectivity index (χ3v) is 2.80. The Morgan fingerprint density at radius 3 is 2.00 bits per heavy atom. The summed E-state index contributed by atoms with van der Waals surface area (Å²) in [6.45, 7) is 3.18. The van der Waals surface area contributed by atoms with E-state index in [9.17, 15) is 13.2 Å². The van der Waals surface area contributed by atoms with E-state index in [1.807, 2.05) is 0 Å². The summed E-state index contributed by atoms with van der Waals surface area (Å²) in [5.41, 5.74) is 0. The standard InChI is InChI=1S/C6H12NO3S/c1-3-5(8)6(4-2)11(7,9)10/h6-7H,3-4H2,1-2H3. The maximum Gasteiger partial charge on any atom is 0.235 e. The molecule has 4 nitrogen and oxygen atoms in total. The first-order chi connectivity index (χ1) is 4.93. The highest BCUT2D eigenvalue weighted by Crippen LogP contribution is 2.06. The van der Waals surface area contributed by atoms with Gasteiger partial charge >= 0.3 is 0 Å². The predicted octanol–water partition coefficient (Wildman–Crippen LogP) is 0.357. The molecule has 0 aromatic carbocycles. The number of Topliss-reactive ketones (excluding diaryl/α,β-unsaturated/α-hetero) is 1. The normalized spacial score (nSPS) is 14.5. The van der Waals surface area contributed by atoms with Crippen molar-refractivity contribution in [1.82, 2.24) is 5.14 Å². The highest BCUT2D eigenvalue weighted by Gasteiger charge is 2.26. The molecule has 0 fully saturated rings. The average molecular weight is 178 g/mol. The van der Waals surface area contributed by atoms with Crippen molar-refractivity contribution in [1.29, 1.82) is 0 Å². The van der Waals surface area contributed by atoms with Crippen LogP contribution in [0.4, 0.5) is 0 Å². The number of hydrogen-bond donors (Lipinski definition) is 0. The molecule has 0 bridgehead atoms. The molecule has 0 aromatic heterocycles. The van der Waals surface area contributed by atoms with Gasteiger partial charge in [-0.1, -0.05) is 13.8 Å². The molecule has 0 spiro atoms.